The van der Waals surface area contributed by atoms with E-state index in [1.165, 1.54) is 12.1 Å². The van der Waals surface area contributed by atoms with E-state index in [1.807, 2.05) is 4.90 Å². The molecule has 3 fully saturated rings. The average Bonchev–Trinajstić information content (AvgIpc) is 3.47. The third kappa shape index (κ3) is 8.49. The third-order valence-corrected chi connectivity index (χ3v) is 8.03. The van der Waals surface area contributed by atoms with E-state index in [1.54, 1.807) is 26.0 Å². The summed E-state index contributed by atoms with van der Waals surface area (Å²) in [5.41, 5.74) is -0.163. The maximum absolute atomic E-state index is 13.6. The van der Waals surface area contributed by atoms with Gasteiger partial charge in [0.2, 0.25) is 17.7 Å². The van der Waals surface area contributed by atoms with Crippen LogP contribution >= 0.6 is 0 Å². The highest BCUT2D eigenvalue weighted by Crippen LogP contribution is 2.33. The number of benzene rings is 1. The van der Waals surface area contributed by atoms with Gasteiger partial charge in [0.25, 0.3) is 0 Å². The Kier molecular flexibility index (Phi) is 10.2. The van der Waals surface area contributed by atoms with Gasteiger partial charge in [-0.05, 0) is 43.9 Å². The predicted molar refractivity (Wildman–Crippen MR) is 146 cm³/mol. The van der Waals surface area contributed by atoms with Gasteiger partial charge in [-0.25, -0.2) is 0 Å². The largest absolute Gasteiger partial charge is 0.508 e. The number of aromatic hydroxyl groups is 1. The van der Waals surface area contributed by atoms with Crippen molar-refractivity contribution in [3.8, 4) is 5.75 Å². The van der Waals surface area contributed by atoms with Gasteiger partial charge in [-0.2, -0.15) is 0 Å². The molecular formula is C29H42N4O7. The molecule has 3 amide bonds. The van der Waals surface area contributed by atoms with Crippen molar-refractivity contribution in [3.63, 3.8) is 0 Å². The van der Waals surface area contributed by atoms with Gasteiger partial charge in [0, 0.05) is 19.5 Å². The van der Waals surface area contributed by atoms with Crippen LogP contribution in [-0.4, -0.2) is 96.7 Å². The molecule has 4 rings (SSSR count). The summed E-state index contributed by atoms with van der Waals surface area (Å²) in [6.45, 7) is 6.21. The van der Waals surface area contributed by atoms with E-state index in [9.17, 15) is 24.3 Å². The Balaban J connectivity index is 1.42. The first-order valence-electron chi connectivity index (χ1n) is 14.3. The first kappa shape index (κ1) is 30.0. The van der Waals surface area contributed by atoms with E-state index >= 15 is 0 Å². The van der Waals surface area contributed by atoms with Crippen molar-refractivity contribution in [3.05, 3.63) is 29.8 Å². The van der Waals surface area contributed by atoms with Crippen LogP contribution in [0, 0.1) is 5.92 Å². The minimum Gasteiger partial charge on any atom is -0.508 e. The summed E-state index contributed by atoms with van der Waals surface area (Å²) in [6, 6.07) is 3.79. The lowest BCUT2D eigenvalue weighted by atomic mass is 9.90. The molecule has 3 aliphatic rings. The zero-order valence-electron chi connectivity index (χ0n) is 23.4. The van der Waals surface area contributed by atoms with E-state index in [4.69, 9.17) is 9.47 Å². The number of hydrogen-bond acceptors (Lipinski definition) is 8. The summed E-state index contributed by atoms with van der Waals surface area (Å²) in [4.78, 5) is 54.5. The summed E-state index contributed by atoms with van der Waals surface area (Å²) in [6.07, 6.45) is 4.95. The smallest absolute Gasteiger partial charge is 0.243 e. The molecule has 0 aromatic heterocycles. The van der Waals surface area contributed by atoms with E-state index in [-0.39, 0.29) is 30.4 Å². The molecular weight excluding hydrogens is 516 g/mol. The van der Waals surface area contributed by atoms with Crippen LogP contribution in [0.25, 0.3) is 0 Å². The maximum atomic E-state index is 13.6. The van der Waals surface area contributed by atoms with Gasteiger partial charge >= 0.3 is 0 Å². The SMILES string of the molecule is CC(NC(=O)CN1CCOCC1)C(=O)NC(Cc1ccc(O)cc1)C(=O)NC(CC1CCCC1)C(=O)C1(C)CO1. The fraction of sp³-hybridized carbons (Fsp3) is 0.655. The number of nitrogens with one attached hydrogen (secondary N) is 3. The van der Waals surface area contributed by atoms with Gasteiger partial charge in [0.15, 0.2) is 5.78 Å². The predicted octanol–water partition coefficient (Wildman–Crippen LogP) is 0.680. The highest BCUT2D eigenvalue weighted by molar-refractivity contribution is 5.98. The molecule has 2 saturated heterocycles. The highest BCUT2D eigenvalue weighted by atomic mass is 16.6. The Morgan fingerprint density at radius 3 is 2.25 bits per heavy atom. The fourth-order valence-corrected chi connectivity index (χ4v) is 5.39. The van der Waals surface area contributed by atoms with Crippen molar-refractivity contribution in [1.82, 2.24) is 20.9 Å². The number of phenols is 1. The second-order valence-electron chi connectivity index (χ2n) is 11.4. The Labute approximate surface area is 235 Å². The van der Waals surface area contributed by atoms with Crippen LogP contribution in [0.1, 0.15) is 51.5 Å². The number of carbonyl (C=O) groups is 4. The molecule has 1 aliphatic carbocycles. The summed E-state index contributed by atoms with van der Waals surface area (Å²) in [5, 5.41) is 18.1. The Morgan fingerprint density at radius 1 is 1.00 bits per heavy atom. The number of ether oxygens (including phenoxy) is 2. The minimum atomic E-state index is -0.998. The molecule has 40 heavy (non-hydrogen) atoms. The fourth-order valence-electron chi connectivity index (χ4n) is 5.39. The van der Waals surface area contributed by atoms with Gasteiger partial charge < -0.3 is 30.5 Å². The third-order valence-electron chi connectivity index (χ3n) is 8.03. The van der Waals surface area contributed by atoms with Gasteiger partial charge in [-0.15, -0.1) is 0 Å². The van der Waals surface area contributed by atoms with Crippen molar-refractivity contribution in [2.24, 2.45) is 5.92 Å². The highest BCUT2D eigenvalue weighted by Gasteiger charge is 2.50. The van der Waals surface area contributed by atoms with Crippen LogP contribution in [0.5, 0.6) is 5.75 Å². The summed E-state index contributed by atoms with van der Waals surface area (Å²) in [5.74, 6) is -0.983. The Hall–Kier alpha value is -3.02. The molecule has 0 spiro atoms. The molecule has 4 N–H and O–H groups in total. The van der Waals surface area contributed by atoms with Gasteiger partial charge in [0.1, 0.15) is 23.4 Å². The first-order valence-corrected chi connectivity index (χ1v) is 14.3. The minimum absolute atomic E-state index is 0.0882. The second kappa shape index (κ2) is 13.6. The number of nitrogens with zero attached hydrogens (tertiary/aromatic N) is 1. The molecule has 4 unspecified atom stereocenters. The monoisotopic (exact) mass is 558 g/mol. The number of phenolic OH excluding ortho intramolecular Hbond substituents is 1. The van der Waals surface area contributed by atoms with Crippen LogP contribution < -0.4 is 16.0 Å². The van der Waals surface area contributed by atoms with Crippen molar-refractivity contribution in [2.75, 3.05) is 39.5 Å². The quantitative estimate of drug-likeness (QED) is 0.258. The van der Waals surface area contributed by atoms with Gasteiger partial charge in [0.05, 0.1) is 32.4 Å². The van der Waals surface area contributed by atoms with Crippen LogP contribution in [0.3, 0.4) is 0 Å². The lowest BCUT2D eigenvalue weighted by Crippen LogP contribution is -2.57. The number of hydrogen-bond donors (Lipinski definition) is 4. The summed E-state index contributed by atoms with van der Waals surface area (Å²) in [7, 11) is 0. The Morgan fingerprint density at radius 2 is 1.62 bits per heavy atom. The molecule has 1 saturated carbocycles. The van der Waals surface area contributed by atoms with Crippen LogP contribution in [-0.2, 0) is 35.1 Å². The number of morpholine rings is 1. The molecule has 1 aromatic rings. The normalized spacial score (nSPS) is 23.6. The lowest BCUT2D eigenvalue weighted by molar-refractivity contribution is -0.134. The molecule has 11 nitrogen and oxygen atoms in total. The molecule has 2 heterocycles. The number of epoxide rings is 1. The average molecular weight is 559 g/mol. The van der Waals surface area contributed by atoms with E-state index in [0.29, 0.717) is 45.2 Å². The zero-order valence-corrected chi connectivity index (χ0v) is 23.4. The van der Waals surface area contributed by atoms with Crippen LogP contribution in [0.2, 0.25) is 0 Å². The second-order valence-corrected chi connectivity index (χ2v) is 11.4. The molecule has 4 atom stereocenters. The van der Waals surface area contributed by atoms with E-state index in [0.717, 1.165) is 31.2 Å². The van der Waals surface area contributed by atoms with Crippen molar-refractivity contribution >= 4 is 23.5 Å². The molecule has 0 radical (unpaired) electrons. The zero-order chi connectivity index (χ0) is 28.7. The molecule has 11 heteroatoms. The molecule has 2 aliphatic heterocycles. The number of amides is 3. The van der Waals surface area contributed by atoms with E-state index < -0.39 is 35.5 Å². The number of rotatable bonds is 13. The van der Waals surface area contributed by atoms with Crippen LogP contribution in [0.15, 0.2) is 24.3 Å². The summed E-state index contributed by atoms with van der Waals surface area (Å²) >= 11 is 0. The van der Waals surface area contributed by atoms with Crippen molar-refractivity contribution < 1.29 is 33.8 Å². The molecule has 220 valence electrons. The first-order chi connectivity index (χ1) is 19.1. The van der Waals surface area contributed by atoms with Gasteiger partial charge in [-0.3, -0.25) is 24.1 Å². The molecule has 0 bridgehead atoms. The topological polar surface area (TPSA) is 150 Å². The summed E-state index contributed by atoms with van der Waals surface area (Å²) < 4.78 is 10.7. The van der Waals surface area contributed by atoms with Crippen LogP contribution in [0.4, 0.5) is 0 Å². The van der Waals surface area contributed by atoms with Gasteiger partial charge in [-0.1, -0.05) is 37.8 Å². The van der Waals surface area contributed by atoms with Crippen molar-refractivity contribution in [2.45, 2.75) is 76.1 Å². The lowest BCUT2D eigenvalue weighted by Gasteiger charge is -2.27. The maximum Gasteiger partial charge on any atom is 0.243 e. The van der Waals surface area contributed by atoms with Crippen molar-refractivity contribution in [1.29, 1.82) is 0 Å². The number of ketones is 1. The Bertz CT molecular complexity index is 1050. The standard InChI is InChI=1S/C29H42N4O7/c1-19(30-25(35)17-33-11-13-39-14-12-33)27(37)32-24(16-21-7-9-22(34)10-8-21)28(38)31-23(15-20-5-3-4-6-20)26(36)29(2)18-40-29/h7-10,19-20,23-24,34H,3-6,11-18H2,1-2H3,(H,30,35)(H,31,38)(H,32,37). The number of carbonyl (C=O) groups excluding carboxylic acids is 4. The van der Waals surface area contributed by atoms with E-state index in [2.05, 4.69) is 16.0 Å². The molecule has 1 aromatic carbocycles. The number of Topliss-reactive ketones (excluding diaryl/α,β-unsaturated/α-hetero) is 1.